The number of anilines is 1. The molecule has 1 saturated heterocycles. The zero-order valence-corrected chi connectivity index (χ0v) is 17.0. The molecule has 2 aromatic rings. The van der Waals surface area contributed by atoms with E-state index in [-0.39, 0.29) is 12.1 Å². The fraction of sp³-hybridized carbons (Fsp3) is 0.450. The number of thiophene rings is 1. The first-order chi connectivity index (χ1) is 12.4. The summed E-state index contributed by atoms with van der Waals surface area (Å²) in [5.74, 6) is 0.609. The van der Waals surface area contributed by atoms with Crippen molar-refractivity contribution in [1.82, 2.24) is 5.32 Å². The second kappa shape index (κ2) is 7.99. The topological polar surface area (TPSA) is 50.4 Å². The van der Waals surface area contributed by atoms with Crippen molar-refractivity contribution in [2.24, 2.45) is 0 Å². The summed E-state index contributed by atoms with van der Waals surface area (Å²) in [5, 5.41) is 7.79. The Morgan fingerprint density at radius 1 is 1.46 bits per heavy atom. The van der Waals surface area contributed by atoms with Gasteiger partial charge in [-0.25, -0.2) is 0 Å². The maximum atomic E-state index is 10.6. The monoisotopic (exact) mass is 392 g/mol. The van der Waals surface area contributed by atoms with Gasteiger partial charge < -0.3 is 15.4 Å². The van der Waals surface area contributed by atoms with Gasteiger partial charge in [-0.2, -0.15) is 0 Å². The minimum atomic E-state index is 0.0177. The fourth-order valence-corrected chi connectivity index (χ4v) is 4.92. The van der Waals surface area contributed by atoms with E-state index in [1.54, 1.807) is 11.3 Å². The highest BCUT2D eigenvalue weighted by Gasteiger charge is 2.27. The van der Waals surface area contributed by atoms with Crippen LogP contribution in [-0.4, -0.2) is 31.0 Å². The lowest BCUT2D eigenvalue weighted by Gasteiger charge is -2.37. The van der Waals surface area contributed by atoms with Gasteiger partial charge in [-0.1, -0.05) is 23.7 Å². The lowest BCUT2D eigenvalue weighted by molar-refractivity contribution is -0.109. The van der Waals surface area contributed by atoms with Crippen LogP contribution in [0.5, 0.6) is 5.75 Å². The summed E-state index contributed by atoms with van der Waals surface area (Å²) < 4.78 is 5.48. The van der Waals surface area contributed by atoms with Crippen molar-refractivity contribution in [2.75, 3.05) is 18.5 Å². The molecule has 0 radical (unpaired) electrons. The van der Waals surface area contributed by atoms with Gasteiger partial charge in [-0.15, -0.1) is 11.3 Å². The number of carbonyl (C=O) groups excluding carboxylic acids is 1. The van der Waals surface area contributed by atoms with Crippen LogP contribution in [0.25, 0.3) is 10.4 Å². The molecule has 0 amide bonds. The minimum Gasteiger partial charge on any atom is -0.483 e. The van der Waals surface area contributed by atoms with Crippen LogP contribution >= 0.6 is 22.9 Å². The molecule has 1 fully saturated rings. The predicted molar refractivity (Wildman–Crippen MR) is 110 cm³/mol. The van der Waals surface area contributed by atoms with E-state index in [9.17, 15) is 4.79 Å². The molecule has 26 heavy (non-hydrogen) atoms. The molecule has 2 N–H and O–H groups in total. The number of nitrogens with one attached hydrogen (secondary N) is 2. The molecule has 0 saturated carbocycles. The largest absolute Gasteiger partial charge is 0.483 e. The van der Waals surface area contributed by atoms with E-state index in [0.29, 0.717) is 16.8 Å². The average molecular weight is 393 g/mol. The minimum absolute atomic E-state index is 0.0177. The summed E-state index contributed by atoms with van der Waals surface area (Å²) in [7, 11) is 0. The van der Waals surface area contributed by atoms with E-state index in [0.717, 1.165) is 46.7 Å². The van der Waals surface area contributed by atoms with E-state index >= 15 is 0 Å². The smallest absolute Gasteiger partial charge is 0.157 e. The maximum Gasteiger partial charge on any atom is 0.157 e. The van der Waals surface area contributed by atoms with E-state index < -0.39 is 0 Å². The Bertz CT molecular complexity index is 788. The molecule has 1 unspecified atom stereocenters. The van der Waals surface area contributed by atoms with Crippen LogP contribution in [0.15, 0.2) is 24.3 Å². The van der Waals surface area contributed by atoms with Crippen LogP contribution in [0.3, 0.4) is 0 Å². The van der Waals surface area contributed by atoms with Crippen molar-refractivity contribution in [2.45, 2.75) is 45.2 Å². The van der Waals surface area contributed by atoms with Crippen molar-refractivity contribution in [3.8, 4) is 16.2 Å². The lowest BCUT2D eigenvalue weighted by Crippen LogP contribution is -2.49. The zero-order chi connectivity index (χ0) is 18.7. The third-order valence-electron chi connectivity index (χ3n) is 4.62. The number of aldehydes is 1. The van der Waals surface area contributed by atoms with E-state index in [1.165, 1.54) is 0 Å². The summed E-state index contributed by atoms with van der Waals surface area (Å²) in [4.78, 5) is 12.5. The highest BCUT2D eigenvalue weighted by atomic mass is 35.5. The predicted octanol–water partition coefficient (Wildman–Crippen LogP) is 4.90. The van der Waals surface area contributed by atoms with Crippen LogP contribution < -0.4 is 15.4 Å². The molecule has 6 heteroatoms. The quantitative estimate of drug-likeness (QED) is 0.686. The van der Waals surface area contributed by atoms with Crippen LogP contribution in [-0.2, 0) is 4.79 Å². The Morgan fingerprint density at radius 3 is 3.00 bits per heavy atom. The van der Waals surface area contributed by atoms with Gasteiger partial charge in [-0.3, -0.25) is 4.79 Å². The standard InChI is InChI=1S/C20H25ClN2O2S/c1-13-18(25-10-9-24)17(21)19(26-13)14-5-4-6-15(11-14)23-16-7-8-22-20(2,3)12-16/h4-6,9,11,16,22-23H,7-8,10,12H2,1-3H3. The van der Waals surface area contributed by atoms with Gasteiger partial charge in [-0.05, 0) is 57.9 Å². The Kier molecular flexibility index (Phi) is 5.90. The highest BCUT2D eigenvalue weighted by molar-refractivity contribution is 7.16. The van der Waals surface area contributed by atoms with Crippen molar-refractivity contribution < 1.29 is 9.53 Å². The van der Waals surface area contributed by atoms with Gasteiger partial charge in [0.25, 0.3) is 0 Å². The molecule has 1 aliphatic heterocycles. The molecule has 3 rings (SSSR count). The van der Waals surface area contributed by atoms with Gasteiger partial charge in [0.15, 0.2) is 12.0 Å². The van der Waals surface area contributed by atoms with Gasteiger partial charge in [0.2, 0.25) is 0 Å². The molecular weight excluding hydrogens is 368 g/mol. The first-order valence-electron chi connectivity index (χ1n) is 8.87. The molecule has 140 valence electrons. The third-order valence-corrected chi connectivity index (χ3v) is 6.23. The number of hydrogen-bond donors (Lipinski definition) is 2. The van der Waals surface area contributed by atoms with E-state index in [1.807, 2.05) is 13.0 Å². The number of benzene rings is 1. The van der Waals surface area contributed by atoms with Gasteiger partial charge in [0, 0.05) is 22.1 Å². The Morgan fingerprint density at radius 2 is 2.27 bits per heavy atom. The summed E-state index contributed by atoms with van der Waals surface area (Å²) >= 11 is 8.11. The van der Waals surface area contributed by atoms with Crippen molar-refractivity contribution in [3.05, 3.63) is 34.2 Å². The molecule has 0 spiro atoms. The Hall–Kier alpha value is -1.56. The summed E-state index contributed by atoms with van der Waals surface area (Å²) in [6, 6.07) is 8.78. The molecule has 1 aromatic carbocycles. The van der Waals surface area contributed by atoms with Gasteiger partial charge in [0.1, 0.15) is 11.6 Å². The summed E-state index contributed by atoms with van der Waals surface area (Å²) in [6.45, 7) is 7.49. The van der Waals surface area contributed by atoms with E-state index in [2.05, 4.69) is 42.7 Å². The average Bonchev–Trinajstić information content (AvgIpc) is 2.87. The molecule has 1 aromatic heterocycles. The lowest BCUT2D eigenvalue weighted by atomic mass is 9.89. The maximum absolute atomic E-state index is 10.6. The van der Waals surface area contributed by atoms with Gasteiger partial charge >= 0.3 is 0 Å². The number of piperidine rings is 1. The first kappa shape index (κ1) is 19.2. The Balaban J connectivity index is 1.80. The van der Waals surface area contributed by atoms with Crippen LogP contribution in [0.2, 0.25) is 5.02 Å². The molecule has 1 aliphatic rings. The van der Waals surface area contributed by atoms with Crippen molar-refractivity contribution in [1.29, 1.82) is 0 Å². The molecule has 4 nitrogen and oxygen atoms in total. The zero-order valence-electron chi connectivity index (χ0n) is 15.4. The number of carbonyl (C=O) groups is 1. The SMILES string of the molecule is Cc1sc(-c2cccc(NC3CCNC(C)(C)C3)c2)c(Cl)c1OCC=O. The second-order valence-electron chi connectivity index (χ2n) is 7.33. The first-order valence-corrected chi connectivity index (χ1v) is 10.1. The number of hydrogen-bond acceptors (Lipinski definition) is 5. The van der Waals surface area contributed by atoms with Crippen LogP contribution in [0, 0.1) is 6.92 Å². The van der Waals surface area contributed by atoms with Crippen LogP contribution in [0.4, 0.5) is 5.69 Å². The second-order valence-corrected chi connectivity index (χ2v) is 8.94. The number of ether oxygens (including phenoxy) is 1. The van der Waals surface area contributed by atoms with Crippen molar-refractivity contribution >= 4 is 34.9 Å². The highest BCUT2D eigenvalue weighted by Crippen LogP contribution is 2.45. The number of halogens is 1. The fourth-order valence-electron chi connectivity index (χ4n) is 3.45. The summed E-state index contributed by atoms with van der Waals surface area (Å²) in [5.41, 5.74) is 2.32. The Labute approximate surface area is 163 Å². The van der Waals surface area contributed by atoms with Gasteiger partial charge in [0.05, 0.1) is 4.88 Å². The summed E-state index contributed by atoms with van der Waals surface area (Å²) in [6.07, 6.45) is 2.92. The van der Waals surface area contributed by atoms with Crippen LogP contribution in [0.1, 0.15) is 31.6 Å². The molecule has 0 bridgehead atoms. The number of aryl methyl sites for hydroxylation is 1. The normalized spacial score (nSPS) is 19.2. The van der Waals surface area contributed by atoms with Crippen molar-refractivity contribution in [3.63, 3.8) is 0 Å². The van der Waals surface area contributed by atoms with E-state index in [4.69, 9.17) is 16.3 Å². The molecule has 2 heterocycles. The third kappa shape index (κ3) is 4.40. The molecule has 1 atom stereocenters. The number of rotatable bonds is 6. The molecular formula is C20H25ClN2O2S. The molecule has 0 aliphatic carbocycles.